The molecule has 0 bridgehead atoms. The van der Waals surface area contributed by atoms with E-state index in [1.54, 1.807) is 5.57 Å². The number of rotatable bonds is 9. The summed E-state index contributed by atoms with van der Waals surface area (Å²) in [5.74, 6) is 0.317. The van der Waals surface area contributed by atoms with E-state index in [1.165, 1.54) is 61.5 Å². The van der Waals surface area contributed by atoms with Gasteiger partial charge in [0.05, 0.1) is 22.5 Å². The van der Waals surface area contributed by atoms with Crippen LogP contribution in [0, 0.1) is 5.92 Å². The molecule has 2 atom stereocenters. The number of nitrogens with zero attached hydrogens (tertiary/aromatic N) is 2. The van der Waals surface area contributed by atoms with Crippen molar-refractivity contribution in [1.82, 2.24) is 0 Å². The SMILES string of the molecule is C1=CC2=C(CC1)c1ccc(N(c3cccc(-c4cccc(C5=CC6C7=C(C=CCC7)N(c7ccccc7)C6C=C5)c4)c3)c3cccc4oc5c(-c6ccccc6)cccc5c34)cc1C2(c1ccccc1)c1ccccc1. The molecule has 0 saturated carbocycles. The van der Waals surface area contributed by atoms with Gasteiger partial charge in [-0.15, -0.1) is 0 Å². The number of hydrogen-bond donors (Lipinski definition) is 0. The predicted octanol–water partition coefficient (Wildman–Crippen LogP) is 18.9. The number of fused-ring (bicyclic) bond motifs is 7. The van der Waals surface area contributed by atoms with Gasteiger partial charge in [0.25, 0.3) is 0 Å². The molecule has 362 valence electrons. The summed E-state index contributed by atoms with van der Waals surface area (Å²) in [7, 11) is 0. The van der Waals surface area contributed by atoms with Gasteiger partial charge in [-0.1, -0.05) is 206 Å². The highest BCUT2D eigenvalue weighted by molar-refractivity contribution is 6.16. The van der Waals surface area contributed by atoms with Crippen LogP contribution >= 0.6 is 0 Å². The molecule has 5 aliphatic rings. The summed E-state index contributed by atoms with van der Waals surface area (Å²) in [6.45, 7) is 0. The van der Waals surface area contributed by atoms with Crippen molar-refractivity contribution in [2.45, 2.75) is 37.1 Å². The van der Waals surface area contributed by atoms with E-state index in [-0.39, 0.29) is 6.04 Å². The standard InChI is InChI=1S/C73H54N2O/c1-5-21-49(22-6-1)59-35-19-36-63-71-69(39-20-40-70(71)76-72(59)63)74(58-42-43-61-60-33-13-15-37-65(60)73(66(61)48-58,54-26-7-2-8-27-54)55-28-9-3-10-29-55)57-32-18-25-52(46-57)50-23-17-24-51(45-50)53-41-44-68-64(47-53)62-34-14-16-38-67(62)75(68)56-30-11-4-12-31-56/h1-12,15-32,35-48,64,68H,13-14,33-34H2. The molecule has 10 aromatic rings. The fourth-order valence-electron chi connectivity index (χ4n) is 13.6. The Labute approximate surface area is 444 Å². The highest BCUT2D eigenvalue weighted by Gasteiger charge is 2.47. The molecule has 2 unspecified atom stereocenters. The molecule has 3 heteroatoms. The van der Waals surface area contributed by atoms with E-state index in [9.17, 15) is 0 Å². The van der Waals surface area contributed by atoms with Crippen LogP contribution in [-0.4, -0.2) is 6.04 Å². The Hall–Kier alpha value is -9.18. The summed E-state index contributed by atoms with van der Waals surface area (Å²) >= 11 is 0. The molecule has 0 fully saturated rings. The number of para-hydroxylation sites is 2. The van der Waals surface area contributed by atoms with E-state index in [0.29, 0.717) is 5.92 Å². The first-order valence-electron chi connectivity index (χ1n) is 27.0. The van der Waals surface area contributed by atoms with Crippen LogP contribution in [0.1, 0.15) is 53.5 Å². The first-order chi connectivity index (χ1) is 37.7. The summed E-state index contributed by atoms with van der Waals surface area (Å²) in [5, 5.41) is 2.17. The largest absolute Gasteiger partial charge is 0.455 e. The lowest BCUT2D eigenvalue weighted by Crippen LogP contribution is -2.32. The molecular weight excluding hydrogens is 921 g/mol. The van der Waals surface area contributed by atoms with Crippen LogP contribution < -0.4 is 9.80 Å². The van der Waals surface area contributed by atoms with Gasteiger partial charge in [-0.2, -0.15) is 0 Å². The number of benzene rings is 9. The highest BCUT2D eigenvalue weighted by Crippen LogP contribution is 2.58. The van der Waals surface area contributed by atoms with Crippen LogP contribution in [0.4, 0.5) is 22.7 Å². The molecular formula is C73H54N2O. The Balaban J connectivity index is 0.899. The third-order valence-corrected chi connectivity index (χ3v) is 16.8. The molecule has 4 aliphatic carbocycles. The number of hydrogen-bond acceptors (Lipinski definition) is 3. The van der Waals surface area contributed by atoms with Crippen molar-refractivity contribution >= 4 is 55.8 Å². The van der Waals surface area contributed by atoms with Crippen molar-refractivity contribution in [3.63, 3.8) is 0 Å². The summed E-state index contributed by atoms with van der Waals surface area (Å²) in [6.07, 6.45) is 21.0. The highest BCUT2D eigenvalue weighted by atomic mass is 16.3. The van der Waals surface area contributed by atoms with Crippen LogP contribution in [0.25, 0.3) is 55.3 Å². The van der Waals surface area contributed by atoms with Crippen molar-refractivity contribution < 1.29 is 4.42 Å². The second kappa shape index (κ2) is 18.0. The average molecular weight is 975 g/mol. The molecule has 1 aromatic heterocycles. The third-order valence-electron chi connectivity index (χ3n) is 16.8. The van der Waals surface area contributed by atoms with E-state index >= 15 is 0 Å². The van der Waals surface area contributed by atoms with Crippen LogP contribution in [0.15, 0.2) is 288 Å². The predicted molar refractivity (Wildman–Crippen MR) is 316 cm³/mol. The normalized spacial score (nSPS) is 17.9. The minimum absolute atomic E-state index is 0.258. The van der Waals surface area contributed by atoms with Crippen molar-refractivity contribution in [3.05, 3.63) is 312 Å². The molecule has 76 heavy (non-hydrogen) atoms. The van der Waals surface area contributed by atoms with Gasteiger partial charge in [0.2, 0.25) is 0 Å². The van der Waals surface area contributed by atoms with Gasteiger partial charge in [0.15, 0.2) is 0 Å². The Morgan fingerprint density at radius 1 is 0.513 bits per heavy atom. The van der Waals surface area contributed by atoms with Gasteiger partial charge in [0.1, 0.15) is 11.2 Å². The van der Waals surface area contributed by atoms with Gasteiger partial charge < -0.3 is 14.2 Å². The van der Waals surface area contributed by atoms with E-state index in [2.05, 4.69) is 277 Å². The molecule has 1 aliphatic heterocycles. The maximum Gasteiger partial charge on any atom is 0.143 e. The Morgan fingerprint density at radius 3 is 1.97 bits per heavy atom. The van der Waals surface area contributed by atoms with Gasteiger partial charge >= 0.3 is 0 Å². The van der Waals surface area contributed by atoms with Gasteiger partial charge in [-0.05, 0) is 153 Å². The first-order valence-corrected chi connectivity index (χ1v) is 27.0. The summed E-state index contributed by atoms with van der Waals surface area (Å²) < 4.78 is 6.97. The monoisotopic (exact) mass is 974 g/mol. The van der Waals surface area contributed by atoms with Crippen LogP contribution in [0.5, 0.6) is 0 Å². The maximum absolute atomic E-state index is 6.97. The van der Waals surface area contributed by atoms with Crippen molar-refractivity contribution in [1.29, 1.82) is 0 Å². The second-order valence-corrected chi connectivity index (χ2v) is 20.9. The average Bonchev–Trinajstić information content (AvgIpc) is 4.30. The molecule has 0 amide bonds. The Morgan fingerprint density at radius 2 is 1.17 bits per heavy atom. The second-order valence-electron chi connectivity index (χ2n) is 20.9. The van der Waals surface area contributed by atoms with Gasteiger partial charge in [0, 0.05) is 39.6 Å². The van der Waals surface area contributed by atoms with E-state index < -0.39 is 5.41 Å². The number of allylic oxidation sites excluding steroid dienone is 8. The minimum atomic E-state index is -0.514. The Bertz CT molecular complexity index is 4070. The summed E-state index contributed by atoms with van der Waals surface area (Å²) in [6, 6.07) is 82.9. The molecule has 3 nitrogen and oxygen atoms in total. The van der Waals surface area contributed by atoms with Crippen molar-refractivity contribution in [2.24, 2.45) is 5.92 Å². The Kier molecular flexibility index (Phi) is 10.5. The molecule has 9 aromatic carbocycles. The van der Waals surface area contributed by atoms with Crippen LogP contribution in [0.2, 0.25) is 0 Å². The lowest BCUT2D eigenvalue weighted by atomic mass is 9.66. The zero-order valence-electron chi connectivity index (χ0n) is 42.2. The molecule has 15 rings (SSSR count). The molecule has 2 heterocycles. The maximum atomic E-state index is 6.97. The van der Waals surface area contributed by atoms with E-state index in [0.717, 1.165) is 81.4 Å². The summed E-state index contributed by atoms with van der Waals surface area (Å²) in [5.41, 5.74) is 23.7. The molecule has 0 radical (unpaired) electrons. The molecule has 0 saturated heterocycles. The first kappa shape index (κ1) is 44.3. The minimum Gasteiger partial charge on any atom is -0.455 e. The zero-order valence-corrected chi connectivity index (χ0v) is 42.2. The van der Waals surface area contributed by atoms with E-state index in [1.807, 2.05) is 0 Å². The number of anilines is 4. The third kappa shape index (κ3) is 6.96. The number of furan rings is 1. The van der Waals surface area contributed by atoms with E-state index in [4.69, 9.17) is 4.42 Å². The lowest BCUT2D eigenvalue weighted by molar-refractivity contribution is 0.660. The smallest absolute Gasteiger partial charge is 0.143 e. The van der Waals surface area contributed by atoms with Crippen LogP contribution in [-0.2, 0) is 5.41 Å². The van der Waals surface area contributed by atoms with Gasteiger partial charge in [-0.25, -0.2) is 0 Å². The van der Waals surface area contributed by atoms with Crippen molar-refractivity contribution in [2.75, 3.05) is 9.80 Å². The zero-order chi connectivity index (χ0) is 50.2. The fourth-order valence-corrected chi connectivity index (χ4v) is 13.6. The fraction of sp³-hybridized carbons (Fsp3) is 0.0959. The quantitative estimate of drug-likeness (QED) is 0.144. The lowest BCUT2D eigenvalue weighted by Gasteiger charge is -2.36. The van der Waals surface area contributed by atoms with Crippen molar-refractivity contribution in [3.8, 4) is 22.3 Å². The topological polar surface area (TPSA) is 19.6 Å². The van der Waals surface area contributed by atoms with Gasteiger partial charge in [-0.3, -0.25) is 0 Å². The summed E-state index contributed by atoms with van der Waals surface area (Å²) in [4.78, 5) is 5.04. The van der Waals surface area contributed by atoms with Crippen LogP contribution in [0.3, 0.4) is 0 Å². The molecule has 0 N–H and O–H groups in total. The molecule has 0 spiro atoms.